The van der Waals surface area contributed by atoms with E-state index in [9.17, 15) is 9.59 Å². The van der Waals surface area contributed by atoms with Crippen LogP contribution in [-0.2, 0) is 16.1 Å². The summed E-state index contributed by atoms with van der Waals surface area (Å²) in [6.07, 6.45) is 3.92. The zero-order chi connectivity index (χ0) is 17.2. The summed E-state index contributed by atoms with van der Waals surface area (Å²) in [4.78, 5) is 29.1. The van der Waals surface area contributed by atoms with Crippen LogP contribution in [0.25, 0.3) is 0 Å². The van der Waals surface area contributed by atoms with Crippen LogP contribution in [0.3, 0.4) is 0 Å². The van der Waals surface area contributed by atoms with Gasteiger partial charge in [0.05, 0.1) is 24.8 Å². The fourth-order valence-electron chi connectivity index (χ4n) is 3.97. The van der Waals surface area contributed by atoms with E-state index in [4.69, 9.17) is 4.42 Å². The van der Waals surface area contributed by atoms with E-state index in [0.29, 0.717) is 19.5 Å². The first kappa shape index (κ1) is 15.9. The zero-order valence-corrected chi connectivity index (χ0v) is 14.1. The zero-order valence-electron chi connectivity index (χ0n) is 14.1. The molecule has 2 aliphatic rings. The Morgan fingerprint density at radius 3 is 2.76 bits per heavy atom. The first-order chi connectivity index (χ1) is 12.2. The summed E-state index contributed by atoms with van der Waals surface area (Å²) in [5.41, 5.74) is 1.19. The third-order valence-corrected chi connectivity index (χ3v) is 5.21. The molecule has 2 atom stereocenters. The molecule has 0 radical (unpaired) electrons. The molecular weight excluding hydrogens is 316 g/mol. The highest BCUT2D eigenvalue weighted by atomic mass is 16.3. The van der Waals surface area contributed by atoms with E-state index in [-0.39, 0.29) is 23.8 Å². The van der Waals surface area contributed by atoms with Gasteiger partial charge in [0.15, 0.2) is 0 Å². The minimum atomic E-state index is -0.244. The van der Waals surface area contributed by atoms with Crippen LogP contribution in [0.4, 0.5) is 0 Å². The maximum Gasteiger partial charge on any atom is 0.228 e. The first-order valence-electron chi connectivity index (χ1n) is 8.88. The number of carbonyl (C=O) groups is 2. The molecule has 0 N–H and O–H groups in total. The maximum absolute atomic E-state index is 13.0. The molecule has 2 saturated heterocycles. The molecule has 130 valence electrons. The van der Waals surface area contributed by atoms with E-state index in [2.05, 4.69) is 12.1 Å². The van der Waals surface area contributed by atoms with Gasteiger partial charge < -0.3 is 14.2 Å². The number of amides is 2. The molecule has 5 heteroatoms. The van der Waals surface area contributed by atoms with Crippen molar-refractivity contribution in [1.29, 1.82) is 0 Å². The van der Waals surface area contributed by atoms with Crippen LogP contribution in [-0.4, -0.2) is 34.7 Å². The fraction of sp³-hybridized carbons (Fsp3) is 0.400. The molecule has 0 saturated carbocycles. The van der Waals surface area contributed by atoms with Crippen molar-refractivity contribution < 1.29 is 14.0 Å². The Labute approximate surface area is 147 Å². The van der Waals surface area contributed by atoms with Crippen LogP contribution in [0.5, 0.6) is 0 Å². The summed E-state index contributed by atoms with van der Waals surface area (Å²) in [5, 5.41) is 0. The smallest absolute Gasteiger partial charge is 0.228 e. The van der Waals surface area contributed by atoms with Crippen molar-refractivity contribution in [2.45, 2.75) is 31.8 Å². The molecule has 3 heterocycles. The summed E-state index contributed by atoms with van der Waals surface area (Å²) < 4.78 is 5.32. The van der Waals surface area contributed by atoms with Gasteiger partial charge in [0, 0.05) is 19.5 Å². The lowest BCUT2D eigenvalue weighted by Crippen LogP contribution is -2.37. The lowest BCUT2D eigenvalue weighted by Gasteiger charge is -2.27. The van der Waals surface area contributed by atoms with Crippen LogP contribution >= 0.6 is 0 Å². The molecule has 4 rings (SSSR count). The number of likely N-dealkylation sites (tertiary alicyclic amines) is 2. The second-order valence-corrected chi connectivity index (χ2v) is 6.86. The van der Waals surface area contributed by atoms with Gasteiger partial charge in [-0.05, 0) is 30.5 Å². The van der Waals surface area contributed by atoms with Crippen molar-refractivity contribution in [1.82, 2.24) is 9.80 Å². The monoisotopic (exact) mass is 338 g/mol. The van der Waals surface area contributed by atoms with Gasteiger partial charge in [-0.25, -0.2) is 0 Å². The normalized spacial score (nSPS) is 23.4. The number of hydrogen-bond donors (Lipinski definition) is 0. The van der Waals surface area contributed by atoms with Gasteiger partial charge in [0.2, 0.25) is 11.8 Å². The van der Waals surface area contributed by atoms with Crippen LogP contribution < -0.4 is 0 Å². The average Bonchev–Trinajstić information content (AvgIpc) is 3.37. The molecule has 2 aromatic rings. The van der Waals surface area contributed by atoms with Crippen molar-refractivity contribution in [3.63, 3.8) is 0 Å². The molecule has 0 spiro atoms. The molecule has 1 aromatic heterocycles. The van der Waals surface area contributed by atoms with Gasteiger partial charge in [-0.2, -0.15) is 0 Å². The van der Waals surface area contributed by atoms with Crippen molar-refractivity contribution >= 4 is 11.8 Å². The second-order valence-electron chi connectivity index (χ2n) is 6.86. The molecule has 0 aliphatic carbocycles. The van der Waals surface area contributed by atoms with Crippen molar-refractivity contribution in [3.8, 4) is 0 Å². The number of benzene rings is 1. The molecular formula is C20H22N2O3. The summed E-state index contributed by atoms with van der Waals surface area (Å²) in [6.45, 7) is 1.70. The number of furan rings is 1. The molecule has 2 aliphatic heterocycles. The first-order valence-corrected chi connectivity index (χ1v) is 8.88. The Bertz CT molecular complexity index is 742. The summed E-state index contributed by atoms with van der Waals surface area (Å²) in [5.74, 6) is 0.656. The Morgan fingerprint density at radius 1 is 1.16 bits per heavy atom. The van der Waals surface area contributed by atoms with E-state index >= 15 is 0 Å². The molecule has 5 nitrogen and oxygen atoms in total. The molecule has 2 fully saturated rings. The lowest BCUT2D eigenvalue weighted by molar-refractivity contribution is -0.136. The highest BCUT2D eigenvalue weighted by Crippen LogP contribution is 2.34. The van der Waals surface area contributed by atoms with E-state index in [1.807, 2.05) is 35.2 Å². The van der Waals surface area contributed by atoms with E-state index < -0.39 is 0 Å². The highest BCUT2D eigenvalue weighted by molar-refractivity contribution is 5.89. The third kappa shape index (κ3) is 3.18. The van der Waals surface area contributed by atoms with Gasteiger partial charge in [0.1, 0.15) is 5.76 Å². The van der Waals surface area contributed by atoms with Crippen LogP contribution in [0.1, 0.15) is 36.6 Å². The Balaban J connectivity index is 1.45. The maximum atomic E-state index is 13.0. The predicted octanol–water partition coefficient (Wildman–Crippen LogP) is 2.99. The minimum absolute atomic E-state index is 0.0326. The van der Waals surface area contributed by atoms with Crippen LogP contribution in [0.15, 0.2) is 53.1 Å². The Morgan fingerprint density at radius 2 is 2.00 bits per heavy atom. The van der Waals surface area contributed by atoms with Crippen molar-refractivity contribution in [2.24, 2.45) is 5.92 Å². The topological polar surface area (TPSA) is 53.8 Å². The largest absolute Gasteiger partial charge is 0.467 e. The average molecular weight is 338 g/mol. The number of nitrogens with zero attached hydrogens (tertiary/aromatic N) is 2. The number of rotatable bonds is 4. The molecule has 0 unspecified atom stereocenters. The second kappa shape index (κ2) is 6.75. The SMILES string of the molecule is O=C1C[C@@H](C(=O)N2CCC[C@@H]2c2ccccc2)CN1Cc1ccco1. The minimum Gasteiger partial charge on any atom is -0.467 e. The Kier molecular flexibility index (Phi) is 4.30. The number of carbonyl (C=O) groups excluding carboxylic acids is 2. The van der Waals surface area contributed by atoms with E-state index in [1.54, 1.807) is 11.2 Å². The third-order valence-electron chi connectivity index (χ3n) is 5.21. The molecule has 2 amide bonds. The van der Waals surface area contributed by atoms with E-state index in [1.165, 1.54) is 5.56 Å². The summed E-state index contributed by atoms with van der Waals surface area (Å²) in [7, 11) is 0. The standard InChI is InChI=1S/C20H22N2O3/c23-19-12-16(13-21(19)14-17-8-5-11-25-17)20(24)22-10-4-9-18(22)15-6-2-1-3-7-15/h1-3,5-8,11,16,18H,4,9-10,12-14H2/t16-,18-/m1/s1. The van der Waals surface area contributed by atoms with E-state index in [0.717, 1.165) is 25.1 Å². The Hall–Kier alpha value is -2.56. The predicted molar refractivity (Wildman–Crippen MR) is 92.4 cm³/mol. The highest BCUT2D eigenvalue weighted by Gasteiger charge is 2.40. The van der Waals surface area contributed by atoms with Crippen molar-refractivity contribution in [2.75, 3.05) is 13.1 Å². The van der Waals surface area contributed by atoms with Crippen LogP contribution in [0, 0.1) is 5.92 Å². The van der Waals surface area contributed by atoms with Crippen molar-refractivity contribution in [3.05, 3.63) is 60.1 Å². The molecule has 25 heavy (non-hydrogen) atoms. The fourth-order valence-corrected chi connectivity index (χ4v) is 3.97. The summed E-state index contributed by atoms with van der Waals surface area (Å²) >= 11 is 0. The molecule has 0 bridgehead atoms. The van der Waals surface area contributed by atoms with Gasteiger partial charge in [-0.3, -0.25) is 9.59 Å². The van der Waals surface area contributed by atoms with Gasteiger partial charge >= 0.3 is 0 Å². The van der Waals surface area contributed by atoms with Gasteiger partial charge in [-0.1, -0.05) is 30.3 Å². The lowest BCUT2D eigenvalue weighted by atomic mass is 10.0. The number of hydrogen-bond acceptors (Lipinski definition) is 3. The van der Waals surface area contributed by atoms with Gasteiger partial charge in [0.25, 0.3) is 0 Å². The quantitative estimate of drug-likeness (QED) is 0.861. The van der Waals surface area contributed by atoms with Gasteiger partial charge in [-0.15, -0.1) is 0 Å². The molecule has 1 aromatic carbocycles. The van der Waals surface area contributed by atoms with Crippen LogP contribution in [0.2, 0.25) is 0 Å². The summed E-state index contributed by atoms with van der Waals surface area (Å²) in [6, 6.07) is 14.0.